The zero-order chi connectivity index (χ0) is 15.7. The molecule has 0 aliphatic carbocycles. The highest BCUT2D eigenvalue weighted by Crippen LogP contribution is 1.95. The summed E-state index contributed by atoms with van der Waals surface area (Å²) in [5, 5.41) is 6.40. The van der Waals surface area contributed by atoms with Crippen molar-refractivity contribution in [2.24, 2.45) is 4.99 Å². The summed E-state index contributed by atoms with van der Waals surface area (Å²) in [5.74, 6) is 0.875. The Kier molecular flexibility index (Phi) is 10.4. The van der Waals surface area contributed by atoms with Gasteiger partial charge in [-0.25, -0.2) is 13.4 Å². The molecular weight excluding hydrogens is 417 g/mol. The molecule has 0 aliphatic heterocycles. The van der Waals surface area contributed by atoms with Crippen LogP contribution in [0.25, 0.3) is 0 Å². The fraction of sp³-hybridized carbons (Fsp3) is 0.692. The summed E-state index contributed by atoms with van der Waals surface area (Å²) in [5.41, 5.74) is 0. The van der Waals surface area contributed by atoms with E-state index in [1.54, 1.807) is 19.6 Å². The Morgan fingerprint density at radius 2 is 2.18 bits per heavy atom. The number of hydrogen-bond donors (Lipinski definition) is 2. The van der Waals surface area contributed by atoms with E-state index in [-0.39, 0.29) is 35.8 Å². The Labute approximate surface area is 149 Å². The predicted molar refractivity (Wildman–Crippen MR) is 101 cm³/mol. The lowest BCUT2D eigenvalue weighted by Crippen LogP contribution is -2.43. The van der Waals surface area contributed by atoms with Gasteiger partial charge in [-0.1, -0.05) is 0 Å². The minimum atomic E-state index is -2.92. The van der Waals surface area contributed by atoms with Crippen molar-refractivity contribution in [2.75, 3.05) is 25.6 Å². The van der Waals surface area contributed by atoms with Crippen LogP contribution in [0.1, 0.15) is 19.8 Å². The average Bonchev–Trinajstić information content (AvgIpc) is 2.92. The molecular formula is C13H26IN5O2S. The molecule has 2 N–H and O–H groups in total. The van der Waals surface area contributed by atoms with E-state index in [1.165, 1.54) is 6.26 Å². The first-order chi connectivity index (χ1) is 9.90. The van der Waals surface area contributed by atoms with Crippen molar-refractivity contribution in [3.05, 3.63) is 18.7 Å². The molecule has 9 heteroatoms. The summed E-state index contributed by atoms with van der Waals surface area (Å²) >= 11 is 0. The summed E-state index contributed by atoms with van der Waals surface area (Å²) in [6.45, 7) is 3.63. The van der Waals surface area contributed by atoms with Gasteiger partial charge in [0.05, 0.1) is 12.1 Å². The van der Waals surface area contributed by atoms with Gasteiger partial charge in [-0.3, -0.25) is 4.99 Å². The first-order valence-electron chi connectivity index (χ1n) is 7.01. The Morgan fingerprint density at radius 3 is 2.73 bits per heavy atom. The van der Waals surface area contributed by atoms with Crippen molar-refractivity contribution in [1.82, 2.24) is 20.2 Å². The maximum Gasteiger partial charge on any atom is 0.191 e. The molecule has 22 heavy (non-hydrogen) atoms. The van der Waals surface area contributed by atoms with E-state index in [0.29, 0.717) is 12.4 Å². The largest absolute Gasteiger partial charge is 0.356 e. The third-order valence-corrected chi connectivity index (χ3v) is 3.95. The monoisotopic (exact) mass is 443 g/mol. The molecule has 1 aromatic heterocycles. The van der Waals surface area contributed by atoms with Gasteiger partial charge < -0.3 is 15.2 Å². The summed E-state index contributed by atoms with van der Waals surface area (Å²) < 4.78 is 24.3. The minimum absolute atomic E-state index is 0. The predicted octanol–water partition coefficient (Wildman–Crippen LogP) is 0.879. The number of rotatable bonds is 8. The number of nitrogens with zero attached hydrogens (tertiary/aromatic N) is 3. The molecule has 0 spiro atoms. The molecule has 0 fully saturated rings. The van der Waals surface area contributed by atoms with Gasteiger partial charge in [0, 0.05) is 44.8 Å². The van der Waals surface area contributed by atoms with E-state index in [4.69, 9.17) is 0 Å². The highest BCUT2D eigenvalue weighted by Gasteiger charge is 2.09. The number of sulfone groups is 1. The van der Waals surface area contributed by atoms with Crippen LogP contribution in [0.5, 0.6) is 0 Å². The van der Waals surface area contributed by atoms with E-state index >= 15 is 0 Å². The number of aliphatic imine (C=N–C) groups is 1. The molecule has 1 unspecified atom stereocenters. The van der Waals surface area contributed by atoms with E-state index in [0.717, 1.165) is 19.5 Å². The highest BCUT2D eigenvalue weighted by molar-refractivity contribution is 14.0. The molecule has 0 radical (unpaired) electrons. The van der Waals surface area contributed by atoms with Gasteiger partial charge in [0.2, 0.25) is 0 Å². The molecule has 1 rings (SSSR count). The average molecular weight is 443 g/mol. The number of guanidine groups is 1. The maximum atomic E-state index is 11.1. The second-order valence-corrected chi connectivity index (χ2v) is 7.38. The van der Waals surface area contributed by atoms with Crippen LogP contribution in [0.4, 0.5) is 0 Å². The van der Waals surface area contributed by atoms with Gasteiger partial charge in [0.15, 0.2) is 5.96 Å². The first kappa shape index (κ1) is 21.2. The first-order valence-corrected chi connectivity index (χ1v) is 9.07. The number of aryl methyl sites for hydroxylation is 1. The van der Waals surface area contributed by atoms with Gasteiger partial charge >= 0.3 is 0 Å². The van der Waals surface area contributed by atoms with Crippen molar-refractivity contribution in [2.45, 2.75) is 32.4 Å². The van der Waals surface area contributed by atoms with E-state index in [9.17, 15) is 8.42 Å². The topological polar surface area (TPSA) is 88.4 Å². The van der Waals surface area contributed by atoms with Crippen molar-refractivity contribution < 1.29 is 8.42 Å². The Hall–Kier alpha value is -0.840. The van der Waals surface area contributed by atoms with Crippen LogP contribution in [0.15, 0.2) is 23.7 Å². The molecule has 7 nitrogen and oxygen atoms in total. The zero-order valence-corrected chi connectivity index (χ0v) is 16.5. The number of hydrogen-bond acceptors (Lipinski definition) is 4. The number of imidazole rings is 1. The van der Waals surface area contributed by atoms with Crippen LogP contribution in [0.2, 0.25) is 0 Å². The van der Waals surface area contributed by atoms with Crippen molar-refractivity contribution in [1.29, 1.82) is 0 Å². The Balaban J connectivity index is 0.00000441. The summed E-state index contributed by atoms with van der Waals surface area (Å²) in [7, 11) is -1.21. The Bertz CT molecular complexity index is 531. The van der Waals surface area contributed by atoms with Crippen molar-refractivity contribution in [3.63, 3.8) is 0 Å². The van der Waals surface area contributed by atoms with E-state index in [1.807, 2.05) is 17.7 Å². The fourth-order valence-corrected chi connectivity index (χ4v) is 2.56. The van der Waals surface area contributed by atoms with Crippen molar-refractivity contribution >= 4 is 39.8 Å². The molecule has 0 amide bonds. The summed E-state index contributed by atoms with van der Waals surface area (Å²) in [4.78, 5) is 8.12. The molecule has 0 aliphatic rings. The highest BCUT2D eigenvalue weighted by atomic mass is 127. The van der Waals surface area contributed by atoms with Crippen LogP contribution in [0.3, 0.4) is 0 Å². The molecule has 1 aromatic rings. The standard InChI is InChI=1S/C13H25N5O2S.HI/c1-12(5-10-21(3,19)20)17-13(14-2)16-6-4-8-18-9-7-15-11-18;/h7,9,11-12H,4-6,8,10H2,1-3H3,(H2,14,16,17);1H. The fourth-order valence-electron chi connectivity index (χ4n) is 1.78. The molecule has 0 saturated heterocycles. The minimum Gasteiger partial charge on any atom is -0.356 e. The second kappa shape index (κ2) is 10.8. The van der Waals surface area contributed by atoms with Gasteiger partial charge in [-0.2, -0.15) is 0 Å². The third kappa shape index (κ3) is 9.98. The normalized spacial score (nSPS) is 13.3. The smallest absolute Gasteiger partial charge is 0.191 e. The van der Waals surface area contributed by atoms with Gasteiger partial charge in [0.1, 0.15) is 9.84 Å². The van der Waals surface area contributed by atoms with E-state index < -0.39 is 9.84 Å². The van der Waals surface area contributed by atoms with Crippen LogP contribution in [-0.2, 0) is 16.4 Å². The maximum absolute atomic E-state index is 11.1. The molecule has 1 heterocycles. The molecule has 0 saturated carbocycles. The molecule has 0 aromatic carbocycles. The molecule has 128 valence electrons. The van der Waals surface area contributed by atoms with E-state index in [2.05, 4.69) is 20.6 Å². The van der Waals surface area contributed by atoms with Crippen molar-refractivity contribution in [3.8, 4) is 0 Å². The second-order valence-electron chi connectivity index (χ2n) is 5.12. The van der Waals surface area contributed by atoms with Gasteiger partial charge in [0.25, 0.3) is 0 Å². The lowest BCUT2D eigenvalue weighted by Gasteiger charge is -2.17. The SMILES string of the molecule is CN=C(NCCCn1ccnc1)NC(C)CCS(C)(=O)=O.I. The number of halogens is 1. The summed E-state index contributed by atoms with van der Waals surface area (Å²) in [6.07, 6.45) is 8.25. The molecule has 0 bridgehead atoms. The van der Waals surface area contributed by atoms with Crippen LogP contribution in [0, 0.1) is 0 Å². The van der Waals surface area contributed by atoms with Gasteiger partial charge in [-0.05, 0) is 19.8 Å². The Morgan fingerprint density at radius 1 is 1.45 bits per heavy atom. The number of nitrogens with one attached hydrogen (secondary N) is 2. The quantitative estimate of drug-likeness (QED) is 0.270. The van der Waals surface area contributed by atoms with Crippen LogP contribution in [-0.4, -0.2) is 55.6 Å². The lowest BCUT2D eigenvalue weighted by atomic mass is 10.3. The molecule has 1 atom stereocenters. The van der Waals surface area contributed by atoms with Crippen LogP contribution < -0.4 is 10.6 Å². The summed E-state index contributed by atoms with van der Waals surface area (Å²) in [6, 6.07) is 0.0552. The number of aromatic nitrogens is 2. The van der Waals surface area contributed by atoms with Crippen LogP contribution >= 0.6 is 24.0 Å². The zero-order valence-electron chi connectivity index (χ0n) is 13.3. The lowest BCUT2D eigenvalue weighted by molar-refractivity contribution is 0.577. The van der Waals surface area contributed by atoms with Gasteiger partial charge in [-0.15, -0.1) is 24.0 Å². The third-order valence-electron chi connectivity index (χ3n) is 2.97.